The monoisotopic (exact) mass is 986 g/mol. The van der Waals surface area contributed by atoms with Crippen LogP contribution in [-0.2, 0) is 14.3 Å². The number of aliphatic hydroxyl groups excluding tert-OH is 2. The molecule has 0 aromatic carbocycles. The van der Waals surface area contributed by atoms with Crippen LogP contribution in [-0.4, -0.2) is 47.4 Å². The lowest BCUT2D eigenvalue weighted by Gasteiger charge is -2.20. The molecule has 0 spiro atoms. The summed E-state index contributed by atoms with van der Waals surface area (Å²) >= 11 is 0. The Morgan fingerprint density at radius 3 is 1.06 bits per heavy atom. The van der Waals surface area contributed by atoms with Crippen LogP contribution in [0.15, 0.2) is 24.3 Å². The maximum absolute atomic E-state index is 12.5. The van der Waals surface area contributed by atoms with Crippen LogP contribution in [0.5, 0.6) is 0 Å². The first-order valence-electron chi connectivity index (χ1n) is 31.6. The van der Waals surface area contributed by atoms with Gasteiger partial charge >= 0.3 is 5.97 Å². The van der Waals surface area contributed by atoms with E-state index in [1.165, 1.54) is 276 Å². The van der Waals surface area contributed by atoms with Gasteiger partial charge < -0.3 is 20.3 Å². The van der Waals surface area contributed by atoms with Crippen molar-refractivity contribution in [2.75, 3.05) is 13.2 Å². The maximum Gasteiger partial charge on any atom is 0.305 e. The van der Waals surface area contributed by atoms with Crippen LogP contribution < -0.4 is 5.32 Å². The second-order valence-electron chi connectivity index (χ2n) is 21.7. The average molecular weight is 987 g/mol. The first-order valence-corrected chi connectivity index (χ1v) is 31.6. The highest BCUT2D eigenvalue weighted by atomic mass is 16.5. The molecule has 0 bridgehead atoms. The second kappa shape index (κ2) is 59.9. The molecule has 0 saturated carbocycles. The zero-order valence-electron chi connectivity index (χ0n) is 47.3. The Hall–Kier alpha value is -1.66. The summed E-state index contributed by atoms with van der Waals surface area (Å²) in [6.07, 6.45) is 73.6. The molecule has 0 saturated heterocycles. The smallest absolute Gasteiger partial charge is 0.305 e. The Kier molecular flexibility index (Phi) is 58.5. The van der Waals surface area contributed by atoms with E-state index in [1.54, 1.807) is 6.08 Å². The lowest BCUT2D eigenvalue weighted by Crippen LogP contribution is -2.45. The minimum absolute atomic E-state index is 0.000708. The van der Waals surface area contributed by atoms with Gasteiger partial charge in [-0.1, -0.05) is 308 Å². The number of esters is 1. The lowest BCUT2D eigenvalue weighted by atomic mass is 10.0. The molecule has 2 unspecified atom stereocenters. The largest absolute Gasteiger partial charge is 0.466 e. The zero-order valence-corrected chi connectivity index (χ0v) is 47.3. The summed E-state index contributed by atoms with van der Waals surface area (Å²) in [5.41, 5.74) is 0. The van der Waals surface area contributed by atoms with Gasteiger partial charge in [0.2, 0.25) is 5.91 Å². The zero-order chi connectivity index (χ0) is 50.7. The molecule has 70 heavy (non-hydrogen) atoms. The van der Waals surface area contributed by atoms with E-state index in [1.807, 2.05) is 6.08 Å². The highest BCUT2D eigenvalue weighted by molar-refractivity contribution is 5.76. The van der Waals surface area contributed by atoms with Gasteiger partial charge in [0.05, 0.1) is 25.4 Å². The molecule has 1 amide bonds. The number of allylic oxidation sites excluding steroid dienone is 3. The summed E-state index contributed by atoms with van der Waals surface area (Å²) in [5, 5.41) is 23.2. The first kappa shape index (κ1) is 68.3. The molecule has 6 nitrogen and oxygen atoms in total. The van der Waals surface area contributed by atoms with Gasteiger partial charge in [-0.15, -0.1) is 0 Å². The Morgan fingerprint density at radius 1 is 0.386 bits per heavy atom. The third-order valence-corrected chi connectivity index (χ3v) is 14.7. The number of hydrogen-bond donors (Lipinski definition) is 3. The van der Waals surface area contributed by atoms with Crippen molar-refractivity contribution in [3.63, 3.8) is 0 Å². The van der Waals surface area contributed by atoms with Crippen molar-refractivity contribution in [2.24, 2.45) is 0 Å². The van der Waals surface area contributed by atoms with Crippen molar-refractivity contribution >= 4 is 11.9 Å². The number of carbonyl (C=O) groups is 2. The molecule has 6 heteroatoms. The van der Waals surface area contributed by atoms with Crippen molar-refractivity contribution in [3.05, 3.63) is 24.3 Å². The molecular formula is C64H123NO5. The minimum Gasteiger partial charge on any atom is -0.466 e. The molecule has 0 fully saturated rings. The van der Waals surface area contributed by atoms with E-state index >= 15 is 0 Å². The molecule has 0 heterocycles. The molecule has 0 radical (unpaired) electrons. The normalized spacial score (nSPS) is 12.7. The fourth-order valence-corrected chi connectivity index (χ4v) is 9.85. The third kappa shape index (κ3) is 55.7. The van der Waals surface area contributed by atoms with E-state index in [9.17, 15) is 19.8 Å². The Balaban J connectivity index is 3.43. The number of aliphatic hydroxyl groups is 2. The van der Waals surface area contributed by atoms with Crippen molar-refractivity contribution in [1.82, 2.24) is 5.32 Å². The van der Waals surface area contributed by atoms with Crippen LogP contribution in [0, 0.1) is 0 Å². The van der Waals surface area contributed by atoms with Crippen LogP contribution in [0.3, 0.4) is 0 Å². The summed E-state index contributed by atoms with van der Waals surface area (Å²) in [6.45, 7) is 4.89. The van der Waals surface area contributed by atoms with E-state index in [4.69, 9.17) is 4.74 Å². The number of ether oxygens (including phenoxy) is 1. The summed E-state index contributed by atoms with van der Waals surface area (Å²) in [7, 11) is 0. The summed E-state index contributed by atoms with van der Waals surface area (Å²) in [6, 6.07) is -0.629. The van der Waals surface area contributed by atoms with Gasteiger partial charge in [0.15, 0.2) is 0 Å². The molecule has 414 valence electrons. The Morgan fingerprint density at radius 2 is 0.686 bits per heavy atom. The molecule has 0 aromatic heterocycles. The Labute approximate surface area is 437 Å². The topological polar surface area (TPSA) is 95.9 Å². The number of nitrogens with one attached hydrogen (secondary N) is 1. The molecule has 0 aliphatic heterocycles. The predicted octanol–water partition coefficient (Wildman–Crippen LogP) is 19.8. The van der Waals surface area contributed by atoms with Crippen LogP contribution in [0.25, 0.3) is 0 Å². The van der Waals surface area contributed by atoms with Gasteiger partial charge in [0, 0.05) is 12.8 Å². The number of unbranched alkanes of at least 4 members (excludes halogenated alkanes) is 46. The van der Waals surface area contributed by atoms with Crippen molar-refractivity contribution < 1.29 is 24.5 Å². The maximum atomic E-state index is 12.5. The van der Waals surface area contributed by atoms with Crippen LogP contribution in [0.1, 0.15) is 348 Å². The SMILES string of the molecule is CCCC/C=C\CCCCCCCC(=O)OCCCCCCCCCCCCCCCCCCCCCCCC(=O)NC(CO)C(O)/C=C/CCCCCCCCCCCCCCCCCCCCC. The van der Waals surface area contributed by atoms with Gasteiger partial charge in [0.25, 0.3) is 0 Å². The number of rotatable bonds is 59. The quantitative estimate of drug-likeness (QED) is 0.0321. The van der Waals surface area contributed by atoms with Crippen LogP contribution in [0.2, 0.25) is 0 Å². The van der Waals surface area contributed by atoms with Gasteiger partial charge in [0.1, 0.15) is 0 Å². The van der Waals surface area contributed by atoms with Crippen LogP contribution in [0.4, 0.5) is 0 Å². The molecule has 0 aromatic rings. The van der Waals surface area contributed by atoms with E-state index in [0.717, 1.165) is 44.9 Å². The molecule has 0 aliphatic rings. The molecular weight excluding hydrogens is 863 g/mol. The summed E-state index contributed by atoms with van der Waals surface area (Å²) in [5.74, 6) is -0.0651. The number of carbonyl (C=O) groups excluding carboxylic acids is 2. The standard InChI is InChI=1S/C64H123NO5/c1-3-5-7-9-11-13-15-16-17-18-19-21-24-27-30-33-37-40-44-48-52-56-62(67)61(60-66)65-63(68)57-53-49-45-41-38-34-31-28-25-22-20-23-26-29-32-35-39-43-47-51-55-59-70-64(69)58-54-50-46-42-36-14-12-10-8-6-4-2/h10,12,52,56,61-62,66-67H,3-9,11,13-51,53-55,57-60H2,1-2H3,(H,65,68)/b12-10-,56-52+. The fourth-order valence-electron chi connectivity index (χ4n) is 9.85. The lowest BCUT2D eigenvalue weighted by molar-refractivity contribution is -0.143. The Bertz CT molecular complexity index is 1090. The molecule has 3 N–H and O–H groups in total. The van der Waals surface area contributed by atoms with E-state index in [0.29, 0.717) is 19.4 Å². The fraction of sp³-hybridized carbons (Fsp3) is 0.906. The predicted molar refractivity (Wildman–Crippen MR) is 306 cm³/mol. The van der Waals surface area contributed by atoms with E-state index in [-0.39, 0.29) is 18.5 Å². The van der Waals surface area contributed by atoms with Gasteiger partial charge in [-0.25, -0.2) is 0 Å². The van der Waals surface area contributed by atoms with Crippen molar-refractivity contribution in [3.8, 4) is 0 Å². The van der Waals surface area contributed by atoms with Crippen molar-refractivity contribution in [1.29, 1.82) is 0 Å². The first-order chi connectivity index (χ1) is 34.5. The van der Waals surface area contributed by atoms with Gasteiger partial charge in [-0.2, -0.15) is 0 Å². The van der Waals surface area contributed by atoms with Crippen LogP contribution >= 0.6 is 0 Å². The average Bonchev–Trinajstić information content (AvgIpc) is 3.36. The van der Waals surface area contributed by atoms with Gasteiger partial charge in [-0.05, 0) is 51.4 Å². The summed E-state index contributed by atoms with van der Waals surface area (Å²) < 4.78 is 5.46. The summed E-state index contributed by atoms with van der Waals surface area (Å²) in [4.78, 5) is 24.5. The molecule has 2 atom stereocenters. The number of hydrogen-bond acceptors (Lipinski definition) is 5. The minimum atomic E-state index is -0.846. The molecule has 0 rings (SSSR count). The van der Waals surface area contributed by atoms with E-state index < -0.39 is 12.1 Å². The second-order valence-corrected chi connectivity index (χ2v) is 21.7. The van der Waals surface area contributed by atoms with Gasteiger partial charge in [-0.3, -0.25) is 9.59 Å². The number of amides is 1. The third-order valence-electron chi connectivity index (χ3n) is 14.7. The highest BCUT2D eigenvalue weighted by Crippen LogP contribution is 2.18. The van der Waals surface area contributed by atoms with Crippen molar-refractivity contribution in [2.45, 2.75) is 360 Å². The highest BCUT2D eigenvalue weighted by Gasteiger charge is 2.18. The molecule has 0 aliphatic carbocycles. The van der Waals surface area contributed by atoms with E-state index in [2.05, 4.69) is 31.3 Å².